The molecule has 0 aliphatic heterocycles. The lowest BCUT2D eigenvalue weighted by atomic mass is 9.63. The van der Waals surface area contributed by atoms with Crippen LogP contribution in [0.3, 0.4) is 0 Å². The molecule has 0 saturated heterocycles. The zero-order valence-electron chi connectivity index (χ0n) is 21.1. The summed E-state index contributed by atoms with van der Waals surface area (Å²) >= 11 is 0. The Hall–Kier alpha value is -2.56. The molecule has 0 radical (unpaired) electrons. The summed E-state index contributed by atoms with van der Waals surface area (Å²) in [5, 5.41) is 9.99. The number of ether oxygens (including phenoxy) is 1. The van der Waals surface area contributed by atoms with E-state index in [1.807, 2.05) is 13.0 Å². The average molecular weight is 457 g/mol. The first kappa shape index (κ1) is 26.7. The maximum atomic E-state index is 11.9. The third-order valence-electron chi connectivity index (χ3n) is 6.92. The fourth-order valence-electron chi connectivity index (χ4n) is 4.81. The minimum atomic E-state index is -0.476. The van der Waals surface area contributed by atoms with Crippen molar-refractivity contribution in [3.8, 4) is 5.75 Å². The maximum absolute atomic E-state index is 11.9. The summed E-state index contributed by atoms with van der Waals surface area (Å²) in [5.41, 5.74) is 3.49. The zero-order chi connectivity index (χ0) is 24.8. The molecule has 2 unspecified atom stereocenters. The van der Waals surface area contributed by atoms with Gasteiger partial charge in [-0.05, 0) is 65.2 Å². The molecule has 1 aromatic heterocycles. The topological polar surface area (TPSA) is 76.7 Å². The molecule has 2 atom stereocenters. The van der Waals surface area contributed by atoms with Crippen molar-refractivity contribution in [1.29, 1.82) is 0 Å². The van der Waals surface area contributed by atoms with E-state index in [2.05, 4.69) is 33.4 Å². The van der Waals surface area contributed by atoms with Crippen molar-refractivity contribution in [3.05, 3.63) is 63.3 Å². The van der Waals surface area contributed by atoms with Crippen molar-refractivity contribution in [2.75, 3.05) is 0 Å². The molecular weight excluding hydrogens is 416 g/mol. The van der Waals surface area contributed by atoms with Crippen LogP contribution in [-0.4, -0.2) is 17.2 Å². The number of carbonyl (C=O) groups excluding carboxylic acids is 1. The van der Waals surface area contributed by atoms with Crippen LogP contribution in [0.1, 0.15) is 84.5 Å². The molecule has 5 nitrogen and oxygen atoms in total. The zero-order valence-corrected chi connectivity index (χ0v) is 21.1. The summed E-state index contributed by atoms with van der Waals surface area (Å²) < 4.78 is 10.7. The second-order valence-electron chi connectivity index (χ2n) is 10.1. The van der Waals surface area contributed by atoms with E-state index in [1.54, 1.807) is 6.92 Å². The molecule has 33 heavy (non-hydrogen) atoms. The minimum Gasteiger partial charge on any atom is -0.507 e. The Bertz CT molecular complexity index is 976. The Kier molecular flexibility index (Phi) is 9.33. The van der Waals surface area contributed by atoms with Crippen molar-refractivity contribution in [1.82, 2.24) is 0 Å². The van der Waals surface area contributed by atoms with Crippen molar-refractivity contribution in [2.45, 2.75) is 92.6 Å². The monoisotopic (exact) mass is 456 g/mol. The van der Waals surface area contributed by atoms with Crippen LogP contribution in [0.15, 0.2) is 50.7 Å². The Morgan fingerprint density at radius 2 is 1.91 bits per heavy atom. The molecule has 182 valence electrons. The second-order valence-corrected chi connectivity index (χ2v) is 10.1. The molecule has 1 saturated carbocycles. The van der Waals surface area contributed by atoms with E-state index in [-0.39, 0.29) is 23.2 Å². The van der Waals surface area contributed by atoms with Gasteiger partial charge in [-0.15, -0.1) is 0 Å². The first-order chi connectivity index (χ1) is 15.4. The van der Waals surface area contributed by atoms with Gasteiger partial charge in [0, 0.05) is 24.8 Å². The van der Waals surface area contributed by atoms with Crippen molar-refractivity contribution < 1.29 is 19.1 Å². The van der Waals surface area contributed by atoms with E-state index in [4.69, 9.17) is 9.15 Å². The molecular formula is C28H40O5. The number of allylic oxidation sites excluding steroid dienone is 5. The number of hydrogen-bond acceptors (Lipinski definition) is 5. The van der Waals surface area contributed by atoms with Gasteiger partial charge in [0.1, 0.15) is 17.6 Å². The van der Waals surface area contributed by atoms with Crippen LogP contribution in [0.25, 0.3) is 0 Å². The number of esters is 1. The van der Waals surface area contributed by atoms with Crippen molar-refractivity contribution >= 4 is 5.97 Å². The quantitative estimate of drug-likeness (QED) is 0.336. The third kappa shape index (κ3) is 7.48. The Labute approximate surface area is 198 Å². The fourth-order valence-corrected chi connectivity index (χ4v) is 4.81. The summed E-state index contributed by atoms with van der Waals surface area (Å²) in [6.45, 7) is 16.0. The Morgan fingerprint density at radius 1 is 1.24 bits per heavy atom. The summed E-state index contributed by atoms with van der Waals surface area (Å²) in [6.07, 6.45) is 10.1. The number of hydrogen-bond donors (Lipinski definition) is 1. The van der Waals surface area contributed by atoms with Crippen LogP contribution in [0.2, 0.25) is 0 Å². The Balaban J connectivity index is 1.88. The predicted molar refractivity (Wildman–Crippen MR) is 132 cm³/mol. The average Bonchev–Trinajstić information content (AvgIpc) is 2.69. The predicted octanol–water partition coefficient (Wildman–Crippen LogP) is 6.57. The van der Waals surface area contributed by atoms with Gasteiger partial charge in [-0.1, -0.05) is 49.3 Å². The standard InChI is InChI=1S/C28H40O5/c1-18(11-14-23-25(30)17-21(4)32-27(23)31)9-8-10-19(2)12-15-24-20(3)13-16-26(28(24,6)7)33-22(5)29/h10-11,17,24,26,30H,3,8-9,12-16H2,1-2,4-7H3. The van der Waals surface area contributed by atoms with Gasteiger partial charge in [0.25, 0.3) is 0 Å². The lowest BCUT2D eigenvalue weighted by molar-refractivity contribution is -0.156. The highest BCUT2D eigenvalue weighted by Crippen LogP contribution is 2.47. The number of rotatable bonds is 9. The van der Waals surface area contributed by atoms with Gasteiger partial charge in [-0.25, -0.2) is 4.79 Å². The molecule has 1 N–H and O–H groups in total. The molecule has 0 spiro atoms. The van der Waals surface area contributed by atoms with Gasteiger partial charge in [0.15, 0.2) is 0 Å². The van der Waals surface area contributed by atoms with Crippen LogP contribution >= 0.6 is 0 Å². The number of aryl methyl sites for hydroxylation is 1. The van der Waals surface area contributed by atoms with Gasteiger partial charge in [-0.2, -0.15) is 0 Å². The van der Waals surface area contributed by atoms with Gasteiger partial charge >= 0.3 is 11.6 Å². The highest BCUT2D eigenvalue weighted by Gasteiger charge is 2.43. The minimum absolute atomic E-state index is 0.00768. The summed E-state index contributed by atoms with van der Waals surface area (Å²) in [6, 6.07) is 1.47. The highest BCUT2D eigenvalue weighted by molar-refractivity contribution is 5.66. The van der Waals surface area contributed by atoms with Gasteiger partial charge in [0.2, 0.25) is 0 Å². The molecule has 1 aliphatic carbocycles. The molecule has 0 amide bonds. The molecule has 1 aliphatic rings. The first-order valence-corrected chi connectivity index (χ1v) is 11.9. The van der Waals surface area contributed by atoms with Crippen LogP contribution in [0.4, 0.5) is 0 Å². The highest BCUT2D eigenvalue weighted by atomic mass is 16.5. The van der Waals surface area contributed by atoms with E-state index in [9.17, 15) is 14.7 Å². The van der Waals surface area contributed by atoms with E-state index < -0.39 is 5.63 Å². The normalized spacial score (nSPS) is 21.2. The van der Waals surface area contributed by atoms with Crippen LogP contribution in [0.5, 0.6) is 5.75 Å². The van der Waals surface area contributed by atoms with E-state index >= 15 is 0 Å². The SMILES string of the molecule is C=C1CCC(OC(C)=O)C(C)(C)C1CCC(C)=CCCC(C)=CCc1c(O)cc(C)oc1=O. The maximum Gasteiger partial charge on any atom is 0.343 e. The van der Waals surface area contributed by atoms with Crippen LogP contribution in [-0.2, 0) is 16.0 Å². The lowest BCUT2D eigenvalue weighted by Gasteiger charge is -2.45. The van der Waals surface area contributed by atoms with E-state index in [1.165, 1.54) is 29.7 Å². The summed E-state index contributed by atoms with van der Waals surface area (Å²) in [7, 11) is 0. The van der Waals surface area contributed by atoms with Gasteiger partial charge < -0.3 is 14.3 Å². The molecule has 5 heteroatoms. The lowest BCUT2D eigenvalue weighted by Crippen LogP contribution is -2.43. The largest absolute Gasteiger partial charge is 0.507 e. The summed E-state index contributed by atoms with van der Waals surface area (Å²) in [5.74, 6) is 0.517. The number of carbonyl (C=O) groups is 1. The first-order valence-electron chi connectivity index (χ1n) is 11.9. The molecule has 0 aromatic carbocycles. The van der Waals surface area contributed by atoms with Crippen LogP contribution < -0.4 is 5.63 Å². The van der Waals surface area contributed by atoms with Gasteiger partial charge in [0.05, 0.1) is 5.56 Å². The Morgan fingerprint density at radius 3 is 2.55 bits per heavy atom. The van der Waals surface area contributed by atoms with Crippen molar-refractivity contribution in [2.24, 2.45) is 11.3 Å². The molecule has 1 heterocycles. The third-order valence-corrected chi connectivity index (χ3v) is 6.92. The smallest absolute Gasteiger partial charge is 0.343 e. The number of aromatic hydroxyl groups is 1. The van der Waals surface area contributed by atoms with E-state index in [0.717, 1.165) is 38.5 Å². The van der Waals surface area contributed by atoms with Crippen LogP contribution in [0, 0.1) is 18.3 Å². The molecule has 0 bridgehead atoms. The second kappa shape index (κ2) is 11.5. The van der Waals surface area contributed by atoms with E-state index in [0.29, 0.717) is 23.7 Å². The van der Waals surface area contributed by atoms with Crippen molar-refractivity contribution in [3.63, 3.8) is 0 Å². The molecule has 2 rings (SSSR count). The molecule has 1 fully saturated rings. The summed E-state index contributed by atoms with van der Waals surface area (Å²) in [4.78, 5) is 23.4. The molecule has 1 aromatic rings. The fraction of sp³-hybridized carbons (Fsp3) is 0.571. The van der Waals surface area contributed by atoms with Gasteiger partial charge in [-0.3, -0.25) is 4.79 Å².